The van der Waals surface area contributed by atoms with Crippen molar-refractivity contribution in [1.82, 2.24) is 4.98 Å². The van der Waals surface area contributed by atoms with Crippen molar-refractivity contribution in [2.24, 2.45) is 0 Å². The fraction of sp³-hybridized carbons (Fsp3) is 0.500. The molecule has 0 saturated heterocycles. The van der Waals surface area contributed by atoms with Crippen molar-refractivity contribution in [3.63, 3.8) is 0 Å². The third kappa shape index (κ3) is 2.01. The molecule has 0 radical (unpaired) electrons. The summed E-state index contributed by atoms with van der Waals surface area (Å²) in [5.41, 5.74) is 0. The number of hydrogen-bond donors (Lipinski definition) is 0. The molecule has 68 valence electrons. The van der Waals surface area contributed by atoms with Gasteiger partial charge in [0.1, 0.15) is 0 Å². The highest BCUT2D eigenvalue weighted by atomic mass is 32.3. The fourth-order valence-electron chi connectivity index (χ4n) is 0.649. The van der Waals surface area contributed by atoms with E-state index in [4.69, 9.17) is 0 Å². The lowest BCUT2D eigenvalue weighted by atomic mass is 10.2. The Hall–Kier alpha value is -0.490. The Bertz CT molecular complexity index is 369. The van der Waals surface area contributed by atoms with Crippen LogP contribution in [0.15, 0.2) is 10.4 Å². The summed E-state index contributed by atoms with van der Waals surface area (Å²) in [6.07, 6.45) is 0. The van der Waals surface area contributed by atoms with Gasteiger partial charge in [0.05, 0.1) is 5.01 Å². The second-order valence-corrected chi connectivity index (χ2v) is 4.80. The monoisotopic (exact) mass is 209 g/mol. The number of rotatable bonds is 2. The van der Waals surface area contributed by atoms with Crippen molar-refractivity contribution in [3.8, 4) is 0 Å². The Kier molecular flexibility index (Phi) is 2.48. The van der Waals surface area contributed by atoms with Crippen molar-refractivity contribution in [2.75, 3.05) is 0 Å². The van der Waals surface area contributed by atoms with Crippen molar-refractivity contribution in [3.05, 3.63) is 10.4 Å². The summed E-state index contributed by atoms with van der Waals surface area (Å²) in [7, 11) is -4.62. The molecule has 0 N–H and O–H groups in total. The zero-order chi connectivity index (χ0) is 9.35. The molecule has 0 aliphatic heterocycles. The second-order valence-electron chi connectivity index (χ2n) is 2.62. The molecule has 0 spiro atoms. The molecule has 1 rings (SSSR count). The van der Waals surface area contributed by atoms with Gasteiger partial charge in [-0.05, 0) is 0 Å². The Labute approximate surface area is 74.5 Å². The lowest BCUT2D eigenvalue weighted by Gasteiger charge is -1.94. The van der Waals surface area contributed by atoms with E-state index < -0.39 is 15.2 Å². The summed E-state index contributed by atoms with van der Waals surface area (Å²) >= 11 is 1.15. The van der Waals surface area contributed by atoms with E-state index in [-0.39, 0.29) is 5.92 Å². The zero-order valence-electron chi connectivity index (χ0n) is 6.61. The van der Waals surface area contributed by atoms with Gasteiger partial charge in [0.15, 0.2) is 5.03 Å². The van der Waals surface area contributed by atoms with Crippen LogP contribution in [0, 0.1) is 0 Å². The average Bonchev–Trinajstić information content (AvgIpc) is 2.30. The Morgan fingerprint density at radius 3 is 2.42 bits per heavy atom. The van der Waals surface area contributed by atoms with Gasteiger partial charge in [0.25, 0.3) is 0 Å². The van der Waals surface area contributed by atoms with E-state index >= 15 is 0 Å². The van der Waals surface area contributed by atoms with E-state index in [1.54, 1.807) is 0 Å². The lowest BCUT2D eigenvalue weighted by Crippen LogP contribution is -1.93. The molecule has 1 heterocycles. The molecule has 0 unspecified atom stereocenters. The topological polar surface area (TPSA) is 47.0 Å². The normalized spacial score (nSPS) is 12.3. The van der Waals surface area contributed by atoms with Crippen LogP contribution in [0.5, 0.6) is 0 Å². The highest BCUT2D eigenvalue weighted by Gasteiger charge is 2.17. The average molecular weight is 209 g/mol. The predicted octanol–water partition coefficient (Wildman–Crippen LogP) is 1.92. The molecule has 0 fully saturated rings. The summed E-state index contributed by atoms with van der Waals surface area (Å²) in [6.45, 7) is 3.74. The first-order valence-electron chi connectivity index (χ1n) is 3.31. The van der Waals surface area contributed by atoms with Gasteiger partial charge < -0.3 is 0 Å². The van der Waals surface area contributed by atoms with Gasteiger partial charge in [-0.25, -0.2) is 4.98 Å². The standard InChI is InChI=1S/C6H8FNO2S2/c1-4(2)6-8-5(3-11-6)12(7,9)10/h3-4H,1-2H3. The summed E-state index contributed by atoms with van der Waals surface area (Å²) in [6, 6.07) is 0. The molecule has 0 aliphatic carbocycles. The minimum Gasteiger partial charge on any atom is -0.227 e. The van der Waals surface area contributed by atoms with Crippen molar-refractivity contribution in [2.45, 2.75) is 24.8 Å². The van der Waals surface area contributed by atoms with Crippen molar-refractivity contribution >= 4 is 21.6 Å². The maximum absolute atomic E-state index is 12.3. The molecule has 0 saturated carbocycles. The molecule has 12 heavy (non-hydrogen) atoms. The zero-order valence-corrected chi connectivity index (χ0v) is 8.25. The molecule has 0 aliphatic rings. The number of hydrogen-bond acceptors (Lipinski definition) is 4. The van der Waals surface area contributed by atoms with Crippen LogP contribution in [0.1, 0.15) is 24.8 Å². The van der Waals surface area contributed by atoms with Gasteiger partial charge in [-0.15, -0.1) is 11.3 Å². The third-order valence-electron chi connectivity index (χ3n) is 1.24. The molecule has 0 atom stereocenters. The largest absolute Gasteiger partial charge is 0.350 e. The van der Waals surface area contributed by atoms with Crippen LogP contribution in [0.3, 0.4) is 0 Å². The van der Waals surface area contributed by atoms with E-state index in [0.29, 0.717) is 5.01 Å². The summed E-state index contributed by atoms with van der Waals surface area (Å²) in [4.78, 5) is 3.64. The van der Waals surface area contributed by atoms with Crippen LogP contribution in [0.4, 0.5) is 3.89 Å². The minimum absolute atomic E-state index is 0.130. The van der Waals surface area contributed by atoms with Gasteiger partial charge in [0, 0.05) is 11.3 Å². The fourth-order valence-corrected chi connectivity index (χ4v) is 2.22. The van der Waals surface area contributed by atoms with E-state index in [1.807, 2.05) is 13.8 Å². The first-order valence-corrected chi connectivity index (χ1v) is 5.57. The maximum Gasteiger partial charge on any atom is 0.350 e. The summed E-state index contributed by atoms with van der Waals surface area (Å²) < 4.78 is 33.0. The maximum atomic E-state index is 12.3. The van der Waals surface area contributed by atoms with Gasteiger partial charge in [-0.2, -0.15) is 8.42 Å². The van der Waals surface area contributed by atoms with Crippen LogP contribution < -0.4 is 0 Å². The molecule has 1 aromatic rings. The number of nitrogens with zero attached hydrogens (tertiary/aromatic N) is 1. The predicted molar refractivity (Wildman–Crippen MR) is 44.5 cm³/mol. The third-order valence-corrected chi connectivity index (χ3v) is 3.25. The van der Waals surface area contributed by atoms with Crippen LogP contribution in [-0.4, -0.2) is 13.4 Å². The van der Waals surface area contributed by atoms with E-state index in [9.17, 15) is 12.3 Å². The molecular formula is C6H8FNO2S2. The minimum atomic E-state index is -4.62. The molecule has 0 bridgehead atoms. The quantitative estimate of drug-likeness (QED) is 0.699. The Balaban J connectivity index is 3.09. The molecule has 0 aromatic carbocycles. The number of halogens is 1. The van der Waals surface area contributed by atoms with Crippen molar-refractivity contribution in [1.29, 1.82) is 0 Å². The molecular weight excluding hydrogens is 201 g/mol. The van der Waals surface area contributed by atoms with E-state index in [2.05, 4.69) is 4.98 Å². The molecule has 6 heteroatoms. The molecule has 0 amide bonds. The summed E-state index contributed by atoms with van der Waals surface area (Å²) in [5, 5.41) is 1.37. The summed E-state index contributed by atoms with van der Waals surface area (Å²) in [5.74, 6) is 0.130. The van der Waals surface area contributed by atoms with Gasteiger partial charge in [0.2, 0.25) is 0 Å². The first kappa shape index (κ1) is 9.60. The van der Waals surface area contributed by atoms with Crippen LogP contribution in [-0.2, 0) is 10.2 Å². The van der Waals surface area contributed by atoms with Crippen LogP contribution in [0.2, 0.25) is 0 Å². The van der Waals surface area contributed by atoms with E-state index in [1.165, 1.54) is 5.38 Å². The smallest absolute Gasteiger partial charge is 0.227 e. The van der Waals surface area contributed by atoms with Gasteiger partial charge >= 0.3 is 10.2 Å². The van der Waals surface area contributed by atoms with Gasteiger partial charge in [-0.3, -0.25) is 0 Å². The van der Waals surface area contributed by atoms with Crippen LogP contribution >= 0.6 is 11.3 Å². The Morgan fingerprint density at radius 1 is 1.58 bits per heavy atom. The first-order chi connectivity index (χ1) is 5.41. The highest BCUT2D eigenvalue weighted by Crippen LogP contribution is 2.22. The Morgan fingerprint density at radius 2 is 2.17 bits per heavy atom. The van der Waals surface area contributed by atoms with Gasteiger partial charge in [-0.1, -0.05) is 17.7 Å². The van der Waals surface area contributed by atoms with Crippen molar-refractivity contribution < 1.29 is 12.3 Å². The van der Waals surface area contributed by atoms with Crippen LogP contribution in [0.25, 0.3) is 0 Å². The molecule has 1 aromatic heterocycles. The number of aromatic nitrogens is 1. The lowest BCUT2D eigenvalue weighted by molar-refractivity contribution is 0.548. The highest BCUT2D eigenvalue weighted by molar-refractivity contribution is 7.86. The second kappa shape index (κ2) is 3.10. The van der Waals surface area contributed by atoms with E-state index in [0.717, 1.165) is 11.3 Å². The molecule has 3 nitrogen and oxygen atoms in total. The number of thiazole rings is 1. The SMILES string of the molecule is CC(C)c1nc(S(=O)(=O)F)cs1.